The summed E-state index contributed by atoms with van der Waals surface area (Å²) in [7, 11) is 0. The van der Waals surface area contributed by atoms with Gasteiger partial charge in [0.2, 0.25) is 0 Å². The molecule has 128 valence electrons. The fourth-order valence-electron chi connectivity index (χ4n) is 3.49. The van der Waals surface area contributed by atoms with Crippen LogP contribution in [0.25, 0.3) is 5.65 Å². The Morgan fingerprint density at radius 1 is 1.12 bits per heavy atom. The zero-order chi connectivity index (χ0) is 17.4. The highest BCUT2D eigenvalue weighted by Crippen LogP contribution is 2.23. The van der Waals surface area contributed by atoms with Gasteiger partial charge in [0.25, 0.3) is 5.91 Å². The second kappa shape index (κ2) is 6.31. The predicted octanol–water partition coefficient (Wildman–Crippen LogP) is 3.87. The number of fused-ring (bicyclic) bond motifs is 3. The smallest absolute Gasteiger partial charge is 0.261 e. The third kappa shape index (κ3) is 2.90. The van der Waals surface area contributed by atoms with E-state index in [-0.39, 0.29) is 5.91 Å². The Morgan fingerprint density at radius 3 is 2.84 bits per heavy atom. The van der Waals surface area contributed by atoms with Crippen LogP contribution in [0.15, 0.2) is 30.6 Å². The number of hydrogen-bond donors (Lipinski definition) is 1. The lowest BCUT2D eigenvalue weighted by Crippen LogP contribution is -2.13. The molecule has 0 spiro atoms. The maximum Gasteiger partial charge on any atom is 0.261 e. The van der Waals surface area contributed by atoms with Gasteiger partial charge in [0.15, 0.2) is 5.65 Å². The summed E-state index contributed by atoms with van der Waals surface area (Å²) in [5.74, 6) is -0.162. The van der Waals surface area contributed by atoms with Gasteiger partial charge in [-0.3, -0.25) is 4.79 Å². The van der Waals surface area contributed by atoms with E-state index < -0.39 is 0 Å². The SMILES string of the molecule is Cc1ccc(C)c(NC(=O)c2cnn3c4c(cnc23)CCCCC4)c1. The van der Waals surface area contributed by atoms with E-state index in [0.29, 0.717) is 11.2 Å². The summed E-state index contributed by atoms with van der Waals surface area (Å²) in [5, 5.41) is 7.48. The fourth-order valence-corrected chi connectivity index (χ4v) is 3.49. The molecule has 4 rings (SSSR count). The molecule has 1 N–H and O–H groups in total. The van der Waals surface area contributed by atoms with Crippen LogP contribution in [0, 0.1) is 13.8 Å². The molecule has 1 amide bonds. The van der Waals surface area contributed by atoms with Crippen molar-refractivity contribution in [2.75, 3.05) is 5.32 Å². The summed E-state index contributed by atoms with van der Waals surface area (Å²) in [6, 6.07) is 6.04. The van der Waals surface area contributed by atoms with Gasteiger partial charge in [0, 0.05) is 17.6 Å². The molecule has 0 saturated carbocycles. The summed E-state index contributed by atoms with van der Waals surface area (Å²) >= 11 is 0. The van der Waals surface area contributed by atoms with Crippen molar-refractivity contribution in [3.63, 3.8) is 0 Å². The van der Waals surface area contributed by atoms with E-state index in [0.717, 1.165) is 36.1 Å². The number of carbonyl (C=O) groups excluding carboxylic acids is 1. The molecule has 1 aliphatic rings. The first-order valence-electron chi connectivity index (χ1n) is 8.86. The van der Waals surface area contributed by atoms with Crippen LogP contribution in [0.3, 0.4) is 0 Å². The van der Waals surface area contributed by atoms with Crippen LogP contribution in [0.2, 0.25) is 0 Å². The summed E-state index contributed by atoms with van der Waals surface area (Å²) in [6.07, 6.45) is 9.19. The van der Waals surface area contributed by atoms with E-state index in [2.05, 4.69) is 15.4 Å². The van der Waals surface area contributed by atoms with Gasteiger partial charge < -0.3 is 5.32 Å². The number of rotatable bonds is 2. The Kier molecular flexibility index (Phi) is 3.99. The molecule has 3 aromatic rings. The van der Waals surface area contributed by atoms with Crippen molar-refractivity contribution < 1.29 is 4.79 Å². The van der Waals surface area contributed by atoms with Gasteiger partial charge in [-0.05, 0) is 62.3 Å². The molecule has 0 bridgehead atoms. The Balaban J connectivity index is 1.71. The molecule has 5 nitrogen and oxygen atoms in total. The van der Waals surface area contributed by atoms with Gasteiger partial charge in [-0.25, -0.2) is 9.50 Å². The third-order valence-corrected chi connectivity index (χ3v) is 4.96. The third-order valence-electron chi connectivity index (χ3n) is 4.96. The number of carbonyl (C=O) groups is 1. The fraction of sp³-hybridized carbons (Fsp3) is 0.350. The van der Waals surface area contributed by atoms with Crippen LogP contribution >= 0.6 is 0 Å². The van der Waals surface area contributed by atoms with Gasteiger partial charge in [0.1, 0.15) is 5.56 Å². The van der Waals surface area contributed by atoms with E-state index in [1.54, 1.807) is 6.20 Å². The lowest BCUT2D eigenvalue weighted by molar-refractivity contribution is 0.102. The van der Waals surface area contributed by atoms with Crippen LogP contribution in [-0.4, -0.2) is 20.5 Å². The second-order valence-corrected chi connectivity index (χ2v) is 6.86. The summed E-state index contributed by atoms with van der Waals surface area (Å²) in [5.41, 5.74) is 6.61. The van der Waals surface area contributed by atoms with Crippen LogP contribution in [-0.2, 0) is 12.8 Å². The molecular weight excluding hydrogens is 312 g/mol. The number of nitrogens with one attached hydrogen (secondary N) is 1. The molecule has 25 heavy (non-hydrogen) atoms. The van der Waals surface area contributed by atoms with Crippen molar-refractivity contribution in [1.29, 1.82) is 0 Å². The molecule has 2 aromatic heterocycles. The van der Waals surface area contributed by atoms with Crippen LogP contribution < -0.4 is 5.32 Å². The number of amides is 1. The minimum absolute atomic E-state index is 0.162. The minimum atomic E-state index is -0.162. The number of benzene rings is 1. The van der Waals surface area contributed by atoms with Crippen molar-refractivity contribution in [2.45, 2.75) is 46.0 Å². The van der Waals surface area contributed by atoms with E-state index in [1.807, 2.05) is 42.8 Å². The van der Waals surface area contributed by atoms with E-state index >= 15 is 0 Å². The lowest BCUT2D eigenvalue weighted by Gasteiger charge is -2.10. The van der Waals surface area contributed by atoms with Crippen molar-refractivity contribution in [3.05, 3.63) is 58.5 Å². The molecule has 5 heteroatoms. The predicted molar refractivity (Wildman–Crippen MR) is 98.1 cm³/mol. The quantitative estimate of drug-likeness (QED) is 0.724. The molecule has 0 unspecified atom stereocenters. The highest BCUT2D eigenvalue weighted by molar-refractivity contribution is 6.08. The molecule has 1 aliphatic carbocycles. The molecule has 0 aliphatic heterocycles. The molecule has 2 heterocycles. The molecule has 0 atom stereocenters. The number of aryl methyl sites for hydroxylation is 4. The first-order chi connectivity index (χ1) is 12.1. The van der Waals surface area contributed by atoms with E-state index in [9.17, 15) is 4.79 Å². The Labute approximate surface area is 147 Å². The van der Waals surface area contributed by atoms with Crippen molar-refractivity contribution >= 4 is 17.2 Å². The minimum Gasteiger partial charge on any atom is -0.322 e. The second-order valence-electron chi connectivity index (χ2n) is 6.86. The van der Waals surface area contributed by atoms with Crippen LogP contribution in [0.4, 0.5) is 5.69 Å². The average molecular weight is 334 g/mol. The van der Waals surface area contributed by atoms with Gasteiger partial charge >= 0.3 is 0 Å². The molecular formula is C20H22N4O. The van der Waals surface area contributed by atoms with Crippen LogP contribution in [0.1, 0.15) is 52.0 Å². The average Bonchev–Trinajstić information content (AvgIpc) is 2.89. The standard InChI is InChI=1S/C20H22N4O/c1-13-8-9-14(2)17(10-13)23-20(25)16-12-22-24-18-7-5-3-4-6-15(18)11-21-19(16)24/h8-12H,3-7H2,1-2H3,(H,23,25). The Hall–Kier alpha value is -2.69. The number of aromatic nitrogens is 3. The number of nitrogens with zero attached hydrogens (tertiary/aromatic N) is 3. The number of hydrogen-bond acceptors (Lipinski definition) is 3. The first kappa shape index (κ1) is 15.8. The maximum absolute atomic E-state index is 12.8. The molecule has 0 radical (unpaired) electrons. The van der Waals surface area contributed by atoms with Gasteiger partial charge in [0.05, 0.1) is 6.20 Å². The van der Waals surface area contributed by atoms with Crippen molar-refractivity contribution in [2.24, 2.45) is 0 Å². The zero-order valence-electron chi connectivity index (χ0n) is 14.7. The lowest BCUT2D eigenvalue weighted by atomic mass is 10.1. The van der Waals surface area contributed by atoms with E-state index in [4.69, 9.17) is 0 Å². The Bertz CT molecular complexity index is 958. The molecule has 1 aromatic carbocycles. The molecule has 0 fully saturated rings. The molecule has 0 saturated heterocycles. The van der Waals surface area contributed by atoms with Gasteiger partial charge in [-0.15, -0.1) is 0 Å². The zero-order valence-corrected chi connectivity index (χ0v) is 14.7. The monoisotopic (exact) mass is 334 g/mol. The summed E-state index contributed by atoms with van der Waals surface area (Å²) < 4.78 is 1.86. The van der Waals surface area contributed by atoms with Crippen LogP contribution in [0.5, 0.6) is 0 Å². The number of anilines is 1. The summed E-state index contributed by atoms with van der Waals surface area (Å²) in [4.78, 5) is 17.3. The maximum atomic E-state index is 12.8. The Morgan fingerprint density at radius 2 is 1.96 bits per heavy atom. The van der Waals surface area contributed by atoms with Crippen molar-refractivity contribution in [3.8, 4) is 0 Å². The normalized spacial score (nSPS) is 14.2. The highest BCUT2D eigenvalue weighted by atomic mass is 16.1. The highest BCUT2D eigenvalue weighted by Gasteiger charge is 2.19. The topological polar surface area (TPSA) is 59.3 Å². The summed E-state index contributed by atoms with van der Waals surface area (Å²) in [6.45, 7) is 4.00. The van der Waals surface area contributed by atoms with Gasteiger partial charge in [-0.1, -0.05) is 18.6 Å². The largest absolute Gasteiger partial charge is 0.322 e. The van der Waals surface area contributed by atoms with Crippen molar-refractivity contribution in [1.82, 2.24) is 14.6 Å². The van der Waals surface area contributed by atoms with E-state index in [1.165, 1.54) is 24.1 Å². The van der Waals surface area contributed by atoms with Gasteiger partial charge in [-0.2, -0.15) is 5.10 Å². The first-order valence-corrected chi connectivity index (χ1v) is 8.86.